The van der Waals surface area contributed by atoms with Crippen LogP contribution >= 0.6 is 11.3 Å². The molecule has 1 heterocycles. The standard InChI is InChI=1S/C17H17F3N2O3S/c1-4-5-13-21-8-12(26-13)16(23)22(2)15(17(24)25-3)9-6-10(18)14(20)11(19)7-9/h6-8,15H,4-5H2,1-3H3/t15-/m0/s1. The Bertz CT molecular complexity index is 802. The van der Waals surface area contributed by atoms with Gasteiger partial charge in [0.15, 0.2) is 23.5 Å². The Morgan fingerprint density at radius 1 is 1.27 bits per heavy atom. The molecule has 0 unspecified atom stereocenters. The van der Waals surface area contributed by atoms with Gasteiger partial charge in [0.2, 0.25) is 0 Å². The number of amides is 1. The van der Waals surface area contributed by atoms with Crippen LogP contribution in [0, 0.1) is 17.5 Å². The number of aryl methyl sites for hydroxylation is 1. The van der Waals surface area contributed by atoms with E-state index in [4.69, 9.17) is 0 Å². The maximum atomic E-state index is 13.6. The summed E-state index contributed by atoms with van der Waals surface area (Å²) in [4.78, 5) is 30.2. The molecule has 2 rings (SSSR count). The highest BCUT2D eigenvalue weighted by Gasteiger charge is 2.32. The Labute approximate surface area is 152 Å². The Morgan fingerprint density at radius 2 is 1.88 bits per heavy atom. The summed E-state index contributed by atoms with van der Waals surface area (Å²) in [5, 5.41) is 0.762. The van der Waals surface area contributed by atoms with Gasteiger partial charge in [0.25, 0.3) is 5.91 Å². The Hall–Kier alpha value is -2.42. The van der Waals surface area contributed by atoms with Crippen molar-refractivity contribution in [1.29, 1.82) is 0 Å². The van der Waals surface area contributed by atoms with Crippen molar-refractivity contribution in [3.05, 3.63) is 51.2 Å². The van der Waals surface area contributed by atoms with E-state index in [1.54, 1.807) is 0 Å². The van der Waals surface area contributed by atoms with Crippen molar-refractivity contribution in [1.82, 2.24) is 9.88 Å². The summed E-state index contributed by atoms with van der Waals surface area (Å²) >= 11 is 1.17. The molecule has 1 aromatic carbocycles. The fourth-order valence-corrected chi connectivity index (χ4v) is 3.39. The van der Waals surface area contributed by atoms with Crippen molar-refractivity contribution >= 4 is 23.2 Å². The van der Waals surface area contributed by atoms with Crippen LogP contribution in [0.2, 0.25) is 0 Å². The molecule has 1 atom stereocenters. The minimum absolute atomic E-state index is 0.234. The highest BCUT2D eigenvalue weighted by atomic mass is 32.1. The lowest BCUT2D eigenvalue weighted by atomic mass is 10.0. The van der Waals surface area contributed by atoms with E-state index in [9.17, 15) is 22.8 Å². The Morgan fingerprint density at radius 3 is 2.42 bits per heavy atom. The van der Waals surface area contributed by atoms with Crippen LogP contribution in [-0.4, -0.2) is 35.9 Å². The van der Waals surface area contributed by atoms with Gasteiger partial charge in [-0.25, -0.2) is 22.9 Å². The molecule has 9 heteroatoms. The molecule has 0 radical (unpaired) electrons. The lowest BCUT2D eigenvalue weighted by Gasteiger charge is -2.26. The van der Waals surface area contributed by atoms with Gasteiger partial charge >= 0.3 is 5.97 Å². The number of thiazole rings is 1. The third-order valence-electron chi connectivity index (χ3n) is 3.68. The van der Waals surface area contributed by atoms with E-state index < -0.39 is 35.4 Å². The van der Waals surface area contributed by atoms with Gasteiger partial charge in [0, 0.05) is 7.05 Å². The first-order valence-corrected chi connectivity index (χ1v) is 8.55. The first kappa shape index (κ1) is 19.9. The van der Waals surface area contributed by atoms with Crippen molar-refractivity contribution < 1.29 is 27.5 Å². The predicted octanol–water partition coefficient (Wildman–Crippen LogP) is 3.50. The van der Waals surface area contributed by atoms with Gasteiger partial charge in [-0.05, 0) is 30.5 Å². The van der Waals surface area contributed by atoms with Gasteiger partial charge in [0.05, 0.1) is 18.3 Å². The van der Waals surface area contributed by atoms with Crippen molar-refractivity contribution in [2.45, 2.75) is 25.8 Å². The summed E-state index contributed by atoms with van der Waals surface area (Å²) in [5.41, 5.74) is -0.234. The molecule has 0 aliphatic rings. The average Bonchev–Trinajstić information content (AvgIpc) is 3.07. The molecule has 0 N–H and O–H groups in total. The molecular weight excluding hydrogens is 369 g/mol. The molecule has 2 aromatic rings. The molecule has 140 valence electrons. The summed E-state index contributed by atoms with van der Waals surface area (Å²) in [6.45, 7) is 1.97. The zero-order valence-electron chi connectivity index (χ0n) is 14.4. The van der Waals surface area contributed by atoms with Crippen LogP contribution in [-0.2, 0) is 16.0 Å². The average molecular weight is 386 g/mol. The van der Waals surface area contributed by atoms with E-state index in [2.05, 4.69) is 9.72 Å². The highest BCUT2D eigenvalue weighted by molar-refractivity contribution is 7.13. The summed E-state index contributed by atoms with van der Waals surface area (Å²) in [7, 11) is 2.37. The smallest absolute Gasteiger partial charge is 0.333 e. The van der Waals surface area contributed by atoms with Gasteiger partial charge in [-0.2, -0.15) is 0 Å². The zero-order valence-corrected chi connectivity index (χ0v) is 15.2. The first-order valence-electron chi connectivity index (χ1n) is 7.74. The van der Waals surface area contributed by atoms with Gasteiger partial charge in [0.1, 0.15) is 4.88 Å². The van der Waals surface area contributed by atoms with Gasteiger partial charge in [-0.1, -0.05) is 6.92 Å². The lowest BCUT2D eigenvalue weighted by Crippen LogP contribution is -2.36. The molecule has 0 saturated carbocycles. The second kappa shape index (κ2) is 8.31. The largest absolute Gasteiger partial charge is 0.467 e. The number of ether oxygens (including phenoxy) is 1. The van der Waals surface area contributed by atoms with Crippen LogP contribution in [0.25, 0.3) is 0 Å². The number of aromatic nitrogens is 1. The van der Waals surface area contributed by atoms with E-state index in [1.807, 2.05) is 6.92 Å². The molecule has 5 nitrogen and oxygen atoms in total. The van der Waals surface area contributed by atoms with Crippen LogP contribution in [0.3, 0.4) is 0 Å². The number of carbonyl (C=O) groups excluding carboxylic acids is 2. The number of likely N-dealkylation sites (N-methyl/N-ethyl adjacent to an activating group) is 1. The van der Waals surface area contributed by atoms with E-state index in [0.29, 0.717) is 18.6 Å². The minimum Gasteiger partial charge on any atom is -0.467 e. The monoisotopic (exact) mass is 386 g/mol. The van der Waals surface area contributed by atoms with E-state index in [0.717, 1.165) is 23.4 Å². The third-order valence-corrected chi connectivity index (χ3v) is 4.73. The van der Waals surface area contributed by atoms with Crippen LogP contribution < -0.4 is 0 Å². The second-order valence-corrected chi connectivity index (χ2v) is 6.62. The third kappa shape index (κ3) is 4.04. The van der Waals surface area contributed by atoms with Crippen molar-refractivity contribution in [3.63, 3.8) is 0 Å². The zero-order chi connectivity index (χ0) is 19.4. The first-order chi connectivity index (χ1) is 12.3. The highest BCUT2D eigenvalue weighted by Crippen LogP contribution is 2.27. The molecule has 1 amide bonds. The number of esters is 1. The Kier molecular flexibility index (Phi) is 6.36. The summed E-state index contributed by atoms with van der Waals surface area (Å²) in [5.74, 6) is -6.05. The van der Waals surface area contributed by atoms with E-state index in [-0.39, 0.29) is 10.4 Å². The molecule has 0 saturated heterocycles. The van der Waals surface area contributed by atoms with E-state index in [1.165, 1.54) is 24.6 Å². The number of halogens is 3. The van der Waals surface area contributed by atoms with Gasteiger partial charge < -0.3 is 9.64 Å². The second-order valence-electron chi connectivity index (χ2n) is 5.51. The number of benzene rings is 1. The number of carbonyl (C=O) groups is 2. The van der Waals surface area contributed by atoms with Crippen molar-refractivity contribution in [3.8, 4) is 0 Å². The summed E-state index contributed by atoms with van der Waals surface area (Å²) in [6, 6.07) is -0.105. The maximum Gasteiger partial charge on any atom is 0.333 e. The number of methoxy groups -OCH3 is 1. The van der Waals surface area contributed by atoms with Crippen LogP contribution in [0.15, 0.2) is 18.3 Å². The van der Waals surface area contributed by atoms with Crippen LogP contribution in [0.1, 0.15) is 39.6 Å². The quantitative estimate of drug-likeness (QED) is 0.563. The number of nitrogens with zero attached hydrogens (tertiary/aromatic N) is 2. The summed E-state index contributed by atoms with van der Waals surface area (Å²) < 4.78 is 45.0. The molecule has 0 aliphatic carbocycles. The topological polar surface area (TPSA) is 59.5 Å². The van der Waals surface area contributed by atoms with Crippen LogP contribution in [0.5, 0.6) is 0 Å². The van der Waals surface area contributed by atoms with Crippen molar-refractivity contribution in [2.75, 3.05) is 14.2 Å². The Balaban J connectivity index is 2.39. The van der Waals surface area contributed by atoms with Crippen LogP contribution in [0.4, 0.5) is 13.2 Å². The normalized spacial score (nSPS) is 11.9. The predicted molar refractivity (Wildman–Crippen MR) is 89.3 cm³/mol. The molecule has 1 aromatic heterocycles. The lowest BCUT2D eigenvalue weighted by molar-refractivity contribution is -0.145. The van der Waals surface area contributed by atoms with E-state index >= 15 is 0 Å². The van der Waals surface area contributed by atoms with Gasteiger partial charge in [-0.15, -0.1) is 11.3 Å². The molecule has 26 heavy (non-hydrogen) atoms. The fraction of sp³-hybridized carbons (Fsp3) is 0.353. The molecular formula is C17H17F3N2O3S. The van der Waals surface area contributed by atoms with Gasteiger partial charge in [-0.3, -0.25) is 4.79 Å². The SMILES string of the molecule is CCCc1ncc(C(=O)N(C)[C@H](C(=O)OC)c2cc(F)c(F)c(F)c2)s1. The summed E-state index contributed by atoms with van der Waals surface area (Å²) in [6.07, 6.45) is 2.95. The molecule has 0 bridgehead atoms. The number of hydrogen-bond donors (Lipinski definition) is 0. The molecule has 0 aliphatic heterocycles. The molecule has 0 fully saturated rings. The van der Waals surface area contributed by atoms with Crippen molar-refractivity contribution in [2.24, 2.45) is 0 Å². The molecule has 0 spiro atoms. The maximum absolute atomic E-state index is 13.6. The fourth-order valence-electron chi connectivity index (χ4n) is 2.39. The minimum atomic E-state index is -1.65. The number of rotatable bonds is 6. The number of hydrogen-bond acceptors (Lipinski definition) is 5.